The molecule has 14 heavy (non-hydrogen) atoms. The highest BCUT2D eigenvalue weighted by molar-refractivity contribution is 6.03. The number of amides is 3. The van der Waals surface area contributed by atoms with Crippen LogP contribution in [0.3, 0.4) is 0 Å². The number of benzene rings is 1. The van der Waals surface area contributed by atoms with E-state index in [1.54, 1.807) is 12.1 Å². The third-order valence-electron chi connectivity index (χ3n) is 1.86. The number of imide groups is 1. The molecule has 0 radical (unpaired) electrons. The second-order valence-electron chi connectivity index (χ2n) is 2.87. The van der Waals surface area contributed by atoms with Gasteiger partial charge in [-0.3, -0.25) is 10.1 Å². The molecule has 0 bridgehead atoms. The highest BCUT2D eigenvalue weighted by Crippen LogP contribution is 2.04. The van der Waals surface area contributed by atoms with Crippen molar-refractivity contribution in [1.82, 2.24) is 5.32 Å². The predicted molar refractivity (Wildman–Crippen MR) is 52.9 cm³/mol. The summed E-state index contributed by atoms with van der Waals surface area (Å²) >= 11 is 0. The van der Waals surface area contributed by atoms with Gasteiger partial charge in [0.25, 0.3) is 5.91 Å². The first-order valence-corrected chi connectivity index (χ1v) is 4.33. The Morgan fingerprint density at radius 1 is 1.29 bits per heavy atom. The number of carbonyl (C=O) groups excluding carboxylic acids is 2. The molecule has 0 aliphatic carbocycles. The summed E-state index contributed by atoms with van der Waals surface area (Å²) in [6.07, 6.45) is 0.914. The van der Waals surface area contributed by atoms with E-state index in [1.165, 1.54) is 0 Å². The lowest BCUT2D eigenvalue weighted by molar-refractivity contribution is 0.0966. The SMILES string of the molecule is CCc1ccc(C(=O)NC(N)=O)cc1. The molecule has 0 atom stereocenters. The number of rotatable bonds is 2. The summed E-state index contributed by atoms with van der Waals surface area (Å²) in [6.45, 7) is 2.03. The van der Waals surface area contributed by atoms with Crippen molar-refractivity contribution in [2.45, 2.75) is 13.3 Å². The van der Waals surface area contributed by atoms with Crippen molar-refractivity contribution < 1.29 is 9.59 Å². The summed E-state index contributed by atoms with van der Waals surface area (Å²) in [7, 11) is 0. The lowest BCUT2D eigenvalue weighted by Gasteiger charge is -2.01. The van der Waals surface area contributed by atoms with E-state index >= 15 is 0 Å². The molecular weight excluding hydrogens is 180 g/mol. The molecule has 1 aromatic carbocycles. The molecule has 74 valence electrons. The van der Waals surface area contributed by atoms with Crippen LogP contribution in [0.5, 0.6) is 0 Å². The summed E-state index contributed by atoms with van der Waals surface area (Å²) in [5.41, 5.74) is 6.39. The van der Waals surface area contributed by atoms with E-state index in [2.05, 4.69) is 0 Å². The van der Waals surface area contributed by atoms with E-state index in [-0.39, 0.29) is 0 Å². The monoisotopic (exact) mass is 192 g/mol. The molecule has 4 heteroatoms. The van der Waals surface area contributed by atoms with Gasteiger partial charge in [-0.15, -0.1) is 0 Å². The van der Waals surface area contributed by atoms with Crippen LogP contribution < -0.4 is 11.1 Å². The fraction of sp³-hybridized carbons (Fsp3) is 0.200. The minimum Gasteiger partial charge on any atom is -0.351 e. The molecule has 0 unspecified atom stereocenters. The van der Waals surface area contributed by atoms with Gasteiger partial charge in [0, 0.05) is 5.56 Å². The number of carbonyl (C=O) groups is 2. The van der Waals surface area contributed by atoms with Crippen molar-refractivity contribution >= 4 is 11.9 Å². The van der Waals surface area contributed by atoms with Gasteiger partial charge < -0.3 is 5.73 Å². The van der Waals surface area contributed by atoms with Crippen molar-refractivity contribution in [1.29, 1.82) is 0 Å². The van der Waals surface area contributed by atoms with Gasteiger partial charge in [0.2, 0.25) is 0 Å². The minimum atomic E-state index is -0.838. The van der Waals surface area contributed by atoms with Crippen molar-refractivity contribution in [3.05, 3.63) is 35.4 Å². The topological polar surface area (TPSA) is 72.2 Å². The van der Waals surface area contributed by atoms with Crippen LogP contribution in [0.15, 0.2) is 24.3 Å². The van der Waals surface area contributed by atoms with E-state index in [9.17, 15) is 9.59 Å². The smallest absolute Gasteiger partial charge is 0.319 e. The summed E-state index contributed by atoms with van der Waals surface area (Å²) in [6, 6.07) is 6.18. The number of urea groups is 1. The zero-order valence-electron chi connectivity index (χ0n) is 7.91. The molecule has 1 rings (SSSR count). The number of primary amides is 1. The molecule has 3 N–H and O–H groups in total. The van der Waals surface area contributed by atoms with Gasteiger partial charge in [-0.05, 0) is 24.1 Å². The molecule has 0 aliphatic heterocycles. The van der Waals surface area contributed by atoms with Gasteiger partial charge in [0.15, 0.2) is 0 Å². The van der Waals surface area contributed by atoms with Crippen LogP contribution >= 0.6 is 0 Å². The quantitative estimate of drug-likeness (QED) is 0.735. The van der Waals surface area contributed by atoms with Gasteiger partial charge in [-0.2, -0.15) is 0 Å². The molecule has 0 spiro atoms. The number of hydrogen-bond donors (Lipinski definition) is 2. The second-order valence-corrected chi connectivity index (χ2v) is 2.87. The fourth-order valence-electron chi connectivity index (χ4n) is 1.08. The Morgan fingerprint density at radius 2 is 1.86 bits per heavy atom. The highest BCUT2D eigenvalue weighted by atomic mass is 16.2. The molecule has 3 amide bonds. The Hall–Kier alpha value is -1.84. The number of aryl methyl sites for hydroxylation is 1. The maximum absolute atomic E-state index is 11.2. The second kappa shape index (κ2) is 4.41. The predicted octanol–water partition coefficient (Wildman–Crippen LogP) is 1.06. The first kappa shape index (κ1) is 10.2. The first-order valence-electron chi connectivity index (χ1n) is 4.33. The van der Waals surface area contributed by atoms with Crippen molar-refractivity contribution in [3.63, 3.8) is 0 Å². The minimum absolute atomic E-state index is 0.431. The summed E-state index contributed by atoms with van der Waals surface area (Å²) < 4.78 is 0. The van der Waals surface area contributed by atoms with E-state index in [1.807, 2.05) is 24.4 Å². The number of nitrogens with two attached hydrogens (primary N) is 1. The van der Waals surface area contributed by atoms with E-state index in [0.717, 1.165) is 12.0 Å². The van der Waals surface area contributed by atoms with E-state index in [4.69, 9.17) is 5.73 Å². The number of hydrogen-bond acceptors (Lipinski definition) is 2. The molecule has 1 aromatic rings. The van der Waals surface area contributed by atoms with Gasteiger partial charge in [-0.1, -0.05) is 19.1 Å². The molecule has 0 heterocycles. The van der Waals surface area contributed by atoms with E-state index in [0.29, 0.717) is 5.56 Å². The zero-order chi connectivity index (χ0) is 10.6. The normalized spacial score (nSPS) is 9.50. The maximum Gasteiger partial charge on any atom is 0.319 e. The van der Waals surface area contributed by atoms with Crippen molar-refractivity contribution in [2.75, 3.05) is 0 Å². The molecular formula is C10H12N2O2. The highest BCUT2D eigenvalue weighted by Gasteiger charge is 2.06. The molecule has 4 nitrogen and oxygen atoms in total. The molecule has 0 aliphatic rings. The summed E-state index contributed by atoms with van der Waals surface area (Å²) in [5, 5.41) is 2.00. The molecule has 0 fully saturated rings. The Labute approximate surface area is 82.1 Å². The third-order valence-corrected chi connectivity index (χ3v) is 1.86. The van der Waals surface area contributed by atoms with Crippen LogP contribution in [0.4, 0.5) is 4.79 Å². The van der Waals surface area contributed by atoms with Gasteiger partial charge >= 0.3 is 6.03 Å². The lowest BCUT2D eigenvalue weighted by atomic mass is 10.1. The zero-order valence-corrected chi connectivity index (χ0v) is 7.91. The Kier molecular flexibility index (Phi) is 3.23. The molecule has 0 aromatic heterocycles. The van der Waals surface area contributed by atoms with Gasteiger partial charge in [0.05, 0.1) is 0 Å². The third kappa shape index (κ3) is 2.58. The van der Waals surface area contributed by atoms with E-state index < -0.39 is 11.9 Å². The Morgan fingerprint density at radius 3 is 2.29 bits per heavy atom. The summed E-state index contributed by atoms with van der Waals surface area (Å²) in [5.74, 6) is -0.472. The van der Waals surface area contributed by atoms with Crippen LogP contribution in [-0.4, -0.2) is 11.9 Å². The van der Waals surface area contributed by atoms with Crippen molar-refractivity contribution in [3.8, 4) is 0 Å². The lowest BCUT2D eigenvalue weighted by Crippen LogP contribution is -2.34. The van der Waals surface area contributed by atoms with Crippen LogP contribution in [0.1, 0.15) is 22.8 Å². The van der Waals surface area contributed by atoms with Crippen LogP contribution in [-0.2, 0) is 6.42 Å². The Bertz CT molecular complexity index is 344. The van der Waals surface area contributed by atoms with Crippen LogP contribution in [0.25, 0.3) is 0 Å². The van der Waals surface area contributed by atoms with Gasteiger partial charge in [-0.25, -0.2) is 4.79 Å². The Balaban J connectivity index is 2.76. The average Bonchev–Trinajstić information content (AvgIpc) is 2.17. The number of nitrogens with one attached hydrogen (secondary N) is 1. The maximum atomic E-state index is 11.2. The molecule has 0 saturated carbocycles. The van der Waals surface area contributed by atoms with Crippen LogP contribution in [0, 0.1) is 0 Å². The van der Waals surface area contributed by atoms with Crippen LogP contribution in [0.2, 0.25) is 0 Å². The standard InChI is InChI=1S/C10H12N2O2/c1-2-7-3-5-8(6-4-7)9(13)12-10(11)14/h3-6H,2H2,1H3,(H3,11,12,13,14). The first-order chi connectivity index (χ1) is 6.63. The van der Waals surface area contributed by atoms with Crippen molar-refractivity contribution in [2.24, 2.45) is 5.73 Å². The summed E-state index contributed by atoms with van der Waals surface area (Å²) in [4.78, 5) is 21.6. The molecule has 0 saturated heterocycles. The fourth-order valence-corrected chi connectivity index (χ4v) is 1.08. The largest absolute Gasteiger partial charge is 0.351 e. The average molecular weight is 192 g/mol. The van der Waals surface area contributed by atoms with Gasteiger partial charge in [0.1, 0.15) is 0 Å².